The summed E-state index contributed by atoms with van der Waals surface area (Å²) in [4.78, 5) is 6.98. The molecule has 0 aliphatic carbocycles. The number of nitrogens with one attached hydrogen (secondary N) is 2. The lowest BCUT2D eigenvalue weighted by Gasteiger charge is -2.32. The normalized spacial score (nSPS) is 26.8. The van der Waals surface area contributed by atoms with Gasteiger partial charge >= 0.3 is 0 Å². The highest BCUT2D eigenvalue weighted by Crippen LogP contribution is 2.36. The summed E-state index contributed by atoms with van der Waals surface area (Å²) in [6.45, 7) is 10.5. The van der Waals surface area contributed by atoms with E-state index in [0.717, 1.165) is 25.0 Å². The molecule has 0 spiro atoms. The maximum absolute atomic E-state index is 4.38. The van der Waals surface area contributed by atoms with Gasteiger partial charge in [-0.1, -0.05) is 6.92 Å². The molecule has 0 aromatic rings. The van der Waals surface area contributed by atoms with Crippen LogP contribution in [0.15, 0.2) is 4.99 Å². The van der Waals surface area contributed by atoms with Gasteiger partial charge in [0.15, 0.2) is 5.96 Å². The number of hydrogen-bond acceptors (Lipinski definition) is 3. The Labute approximate surface area is 164 Å². The predicted octanol–water partition coefficient (Wildman–Crippen LogP) is 3.18. The fraction of sp³-hybridized carbons (Fsp3) is 0.941. The fourth-order valence-electron chi connectivity index (χ4n) is 3.44. The summed E-state index contributed by atoms with van der Waals surface area (Å²) < 4.78 is 0.392. The molecule has 2 fully saturated rings. The van der Waals surface area contributed by atoms with Crippen LogP contribution in [0.4, 0.5) is 0 Å². The highest BCUT2D eigenvalue weighted by Gasteiger charge is 2.29. The lowest BCUT2D eigenvalue weighted by atomic mass is 9.97. The van der Waals surface area contributed by atoms with Gasteiger partial charge in [0.1, 0.15) is 0 Å². The predicted molar refractivity (Wildman–Crippen MR) is 114 cm³/mol. The van der Waals surface area contributed by atoms with Gasteiger partial charge < -0.3 is 15.5 Å². The molecule has 1 unspecified atom stereocenters. The summed E-state index contributed by atoms with van der Waals surface area (Å²) in [5.74, 6) is 3.08. The molecular weight excluding hydrogens is 419 g/mol. The Bertz CT molecular complexity index is 351. The number of hydrogen-bond donors (Lipinski definition) is 2. The molecule has 0 saturated carbocycles. The van der Waals surface area contributed by atoms with Crippen LogP contribution >= 0.6 is 35.7 Å². The number of thioether (sulfide) groups is 1. The summed E-state index contributed by atoms with van der Waals surface area (Å²) in [7, 11) is 1.88. The lowest BCUT2D eigenvalue weighted by molar-refractivity contribution is 0.185. The molecule has 1 atom stereocenters. The van der Waals surface area contributed by atoms with Crippen molar-refractivity contribution in [1.82, 2.24) is 15.5 Å². The quantitative estimate of drug-likeness (QED) is 0.368. The van der Waals surface area contributed by atoms with E-state index in [4.69, 9.17) is 0 Å². The zero-order valence-electron chi connectivity index (χ0n) is 15.1. The highest BCUT2D eigenvalue weighted by atomic mass is 127. The summed E-state index contributed by atoms with van der Waals surface area (Å²) >= 11 is 2.10. The van der Waals surface area contributed by atoms with Crippen molar-refractivity contribution in [2.45, 2.75) is 50.7 Å². The third kappa shape index (κ3) is 7.38. The van der Waals surface area contributed by atoms with Crippen molar-refractivity contribution < 1.29 is 0 Å². The van der Waals surface area contributed by atoms with Crippen molar-refractivity contribution in [3.63, 3.8) is 0 Å². The van der Waals surface area contributed by atoms with Crippen LogP contribution in [0.5, 0.6) is 0 Å². The van der Waals surface area contributed by atoms with E-state index in [-0.39, 0.29) is 24.0 Å². The molecule has 6 heteroatoms. The van der Waals surface area contributed by atoms with Gasteiger partial charge in [-0.15, -0.1) is 24.0 Å². The molecule has 2 saturated heterocycles. The maximum Gasteiger partial charge on any atom is 0.191 e. The molecule has 23 heavy (non-hydrogen) atoms. The van der Waals surface area contributed by atoms with E-state index in [0.29, 0.717) is 4.75 Å². The molecule has 2 rings (SSSR count). The second-order valence-electron chi connectivity index (χ2n) is 6.99. The molecule has 2 heterocycles. The summed E-state index contributed by atoms with van der Waals surface area (Å²) in [5.41, 5.74) is 0. The molecule has 2 N–H and O–H groups in total. The number of guanidine groups is 1. The Morgan fingerprint density at radius 2 is 2.04 bits per heavy atom. The van der Waals surface area contributed by atoms with Crippen LogP contribution in [0, 0.1) is 5.92 Å². The third-order valence-corrected chi connectivity index (χ3v) is 6.50. The van der Waals surface area contributed by atoms with Crippen molar-refractivity contribution in [2.75, 3.05) is 45.5 Å². The van der Waals surface area contributed by atoms with Crippen molar-refractivity contribution in [3.05, 3.63) is 0 Å². The lowest BCUT2D eigenvalue weighted by Crippen LogP contribution is -2.46. The van der Waals surface area contributed by atoms with E-state index in [1.807, 2.05) is 7.05 Å². The number of nitrogens with zero attached hydrogens (tertiary/aromatic N) is 2. The number of halogens is 1. The first kappa shape index (κ1) is 21.4. The zero-order valence-corrected chi connectivity index (χ0v) is 18.2. The summed E-state index contributed by atoms with van der Waals surface area (Å²) in [6, 6.07) is 0. The first-order valence-corrected chi connectivity index (χ1v) is 9.94. The second kappa shape index (κ2) is 11.0. The van der Waals surface area contributed by atoms with Gasteiger partial charge in [-0.3, -0.25) is 4.99 Å². The van der Waals surface area contributed by atoms with Crippen LogP contribution in [-0.2, 0) is 0 Å². The van der Waals surface area contributed by atoms with E-state index in [1.165, 1.54) is 57.5 Å². The Morgan fingerprint density at radius 1 is 1.30 bits per heavy atom. The number of aliphatic imine (C=N–C) groups is 1. The van der Waals surface area contributed by atoms with Crippen LogP contribution in [0.2, 0.25) is 0 Å². The van der Waals surface area contributed by atoms with Crippen molar-refractivity contribution in [2.24, 2.45) is 10.9 Å². The van der Waals surface area contributed by atoms with E-state index in [2.05, 4.69) is 46.1 Å². The van der Waals surface area contributed by atoms with Crippen LogP contribution in [-0.4, -0.2) is 61.1 Å². The maximum atomic E-state index is 4.38. The largest absolute Gasteiger partial charge is 0.356 e. The average molecular weight is 454 g/mol. The van der Waals surface area contributed by atoms with Gasteiger partial charge in [-0.05, 0) is 70.3 Å². The molecule has 0 amide bonds. The minimum absolute atomic E-state index is 0. The first-order chi connectivity index (χ1) is 10.6. The average Bonchev–Trinajstić information content (AvgIpc) is 2.96. The van der Waals surface area contributed by atoms with Crippen molar-refractivity contribution in [3.8, 4) is 0 Å². The monoisotopic (exact) mass is 454 g/mol. The Hall–Kier alpha value is 0.310. The Balaban J connectivity index is 0.00000264. The van der Waals surface area contributed by atoms with Crippen LogP contribution in [0.25, 0.3) is 0 Å². The smallest absolute Gasteiger partial charge is 0.191 e. The Kier molecular flexibility index (Phi) is 10.2. The highest BCUT2D eigenvalue weighted by molar-refractivity contribution is 14.0. The summed E-state index contributed by atoms with van der Waals surface area (Å²) in [6.07, 6.45) is 6.58. The molecule has 4 nitrogen and oxygen atoms in total. The minimum atomic E-state index is 0. The van der Waals surface area contributed by atoms with Gasteiger partial charge in [0.05, 0.1) is 0 Å². The van der Waals surface area contributed by atoms with Crippen molar-refractivity contribution in [1.29, 1.82) is 0 Å². The van der Waals surface area contributed by atoms with Gasteiger partial charge in [0.25, 0.3) is 0 Å². The second-order valence-corrected chi connectivity index (χ2v) is 8.68. The van der Waals surface area contributed by atoms with Gasteiger partial charge in [-0.25, -0.2) is 0 Å². The fourth-order valence-corrected chi connectivity index (χ4v) is 4.68. The van der Waals surface area contributed by atoms with E-state index in [9.17, 15) is 0 Å². The molecule has 0 aromatic carbocycles. The molecule has 136 valence electrons. The van der Waals surface area contributed by atoms with E-state index in [1.54, 1.807) is 0 Å². The number of likely N-dealkylation sites (tertiary alicyclic amines) is 1. The van der Waals surface area contributed by atoms with Gasteiger partial charge in [0.2, 0.25) is 0 Å². The third-order valence-electron chi connectivity index (χ3n) is 4.96. The van der Waals surface area contributed by atoms with Gasteiger partial charge in [-0.2, -0.15) is 11.8 Å². The molecule has 2 aliphatic rings. The molecule has 2 aliphatic heterocycles. The van der Waals surface area contributed by atoms with Crippen LogP contribution in [0.3, 0.4) is 0 Å². The molecule has 0 bridgehead atoms. The molecule has 0 radical (unpaired) electrons. The SMILES string of the molecule is CCCN1CCC(CNC(=NC)NCC2(C)CCCS2)CC1.I. The van der Waals surface area contributed by atoms with Crippen LogP contribution < -0.4 is 10.6 Å². The standard InChI is InChI=1S/C17H34N4S.HI/c1-4-9-21-10-6-15(7-11-21)13-19-16(18-3)20-14-17(2)8-5-12-22-17;/h15H,4-14H2,1-3H3,(H2,18,19,20);1H. The number of rotatable bonds is 6. The number of piperidine rings is 1. The van der Waals surface area contributed by atoms with E-state index < -0.39 is 0 Å². The Morgan fingerprint density at radius 3 is 2.61 bits per heavy atom. The van der Waals surface area contributed by atoms with E-state index >= 15 is 0 Å². The molecule has 0 aromatic heterocycles. The van der Waals surface area contributed by atoms with Gasteiger partial charge in [0, 0.05) is 24.9 Å². The zero-order chi connectivity index (χ0) is 15.8. The topological polar surface area (TPSA) is 39.7 Å². The first-order valence-electron chi connectivity index (χ1n) is 8.96. The summed E-state index contributed by atoms with van der Waals surface area (Å²) in [5, 5.41) is 7.07. The minimum Gasteiger partial charge on any atom is -0.356 e. The van der Waals surface area contributed by atoms with Crippen molar-refractivity contribution >= 4 is 41.7 Å². The van der Waals surface area contributed by atoms with Crippen LogP contribution in [0.1, 0.15) is 46.0 Å². The molecular formula is C17H35IN4S.